The Morgan fingerprint density at radius 2 is 1.74 bits per heavy atom. The first-order chi connectivity index (χ1) is 16.0. The summed E-state index contributed by atoms with van der Waals surface area (Å²) in [5.41, 5.74) is -1.55. The molecule has 0 aliphatic carbocycles. The van der Waals surface area contributed by atoms with Gasteiger partial charge in [0.2, 0.25) is 5.91 Å². The van der Waals surface area contributed by atoms with Gasteiger partial charge >= 0.3 is 12.2 Å². The highest BCUT2D eigenvalue weighted by molar-refractivity contribution is 6.09. The van der Waals surface area contributed by atoms with Crippen molar-refractivity contribution in [2.24, 2.45) is 0 Å². The van der Waals surface area contributed by atoms with Gasteiger partial charge in [-0.2, -0.15) is 13.2 Å². The highest BCUT2D eigenvalue weighted by Crippen LogP contribution is 2.32. The molecule has 1 saturated heterocycles. The number of benzene rings is 2. The van der Waals surface area contributed by atoms with Crippen LogP contribution in [0, 0.1) is 10.1 Å². The lowest BCUT2D eigenvalue weighted by molar-refractivity contribution is -0.385. The van der Waals surface area contributed by atoms with Gasteiger partial charge in [-0.05, 0) is 12.0 Å². The van der Waals surface area contributed by atoms with Crippen LogP contribution in [-0.4, -0.2) is 51.8 Å². The van der Waals surface area contributed by atoms with Gasteiger partial charge in [0.05, 0.1) is 11.5 Å². The molecular weight excluding hydrogens is 457 g/mol. The average molecular weight is 478 g/mol. The lowest BCUT2D eigenvalue weighted by Gasteiger charge is -2.27. The molecule has 9 nitrogen and oxygen atoms in total. The van der Waals surface area contributed by atoms with Crippen molar-refractivity contribution in [3.8, 4) is 0 Å². The highest BCUT2D eigenvalue weighted by Gasteiger charge is 2.52. The first kappa shape index (κ1) is 24.7. The minimum atomic E-state index is -4.81. The SMILES string of the molecule is CCC1(c2ccccc2)NC(=O)N(CC(=O)N(Cc2ccccc2[N+](=O)[O-])CC(F)(F)F)C1=O. The van der Waals surface area contributed by atoms with Crippen LogP contribution in [0.25, 0.3) is 0 Å². The van der Waals surface area contributed by atoms with Crippen molar-refractivity contribution in [3.05, 3.63) is 75.8 Å². The molecule has 4 amide bonds. The summed E-state index contributed by atoms with van der Waals surface area (Å²) in [5.74, 6) is -1.95. The summed E-state index contributed by atoms with van der Waals surface area (Å²) in [4.78, 5) is 50.0. The van der Waals surface area contributed by atoms with Crippen LogP contribution in [-0.2, 0) is 21.7 Å². The Morgan fingerprint density at radius 1 is 1.12 bits per heavy atom. The molecule has 1 aliphatic rings. The van der Waals surface area contributed by atoms with E-state index in [2.05, 4.69) is 5.32 Å². The molecule has 0 bridgehead atoms. The summed E-state index contributed by atoms with van der Waals surface area (Å²) >= 11 is 0. The van der Waals surface area contributed by atoms with Crippen LogP contribution in [0.4, 0.5) is 23.7 Å². The molecule has 3 rings (SSSR count). The number of nitrogens with one attached hydrogen (secondary N) is 1. The number of rotatable bonds is 8. The number of alkyl halides is 3. The molecule has 0 spiro atoms. The number of carbonyl (C=O) groups is 3. The first-order valence-corrected chi connectivity index (χ1v) is 10.2. The standard InChI is InChI=1S/C22H21F3N4O5/c1-2-21(16-9-4-3-5-10-16)19(31)28(20(32)26-21)13-18(30)27(14-22(23,24)25)12-15-8-6-7-11-17(15)29(33)34/h3-11H,2,12-14H2,1H3,(H,26,32). The maximum Gasteiger partial charge on any atom is 0.406 e. The topological polar surface area (TPSA) is 113 Å². The molecule has 12 heteroatoms. The van der Waals surface area contributed by atoms with Crippen molar-refractivity contribution < 1.29 is 32.5 Å². The number of halogens is 3. The van der Waals surface area contributed by atoms with Crippen molar-refractivity contribution in [1.29, 1.82) is 0 Å². The van der Waals surface area contributed by atoms with E-state index in [1.54, 1.807) is 37.3 Å². The zero-order valence-corrected chi connectivity index (χ0v) is 18.0. The fourth-order valence-electron chi connectivity index (χ4n) is 3.84. The molecule has 180 valence electrons. The first-order valence-electron chi connectivity index (χ1n) is 10.2. The second-order valence-electron chi connectivity index (χ2n) is 7.70. The minimum absolute atomic E-state index is 0.116. The Morgan fingerprint density at radius 3 is 2.32 bits per heavy atom. The van der Waals surface area contributed by atoms with Crippen molar-refractivity contribution >= 4 is 23.5 Å². The van der Waals surface area contributed by atoms with Crippen molar-refractivity contribution in [3.63, 3.8) is 0 Å². The van der Waals surface area contributed by atoms with Crippen molar-refractivity contribution in [2.45, 2.75) is 31.6 Å². The summed E-state index contributed by atoms with van der Waals surface area (Å²) < 4.78 is 39.6. The number of nitro groups is 1. The lowest BCUT2D eigenvalue weighted by atomic mass is 9.87. The lowest BCUT2D eigenvalue weighted by Crippen LogP contribution is -2.47. The van der Waals surface area contributed by atoms with Gasteiger partial charge in [-0.1, -0.05) is 55.5 Å². The molecule has 1 unspecified atom stereocenters. The Labute approximate surface area is 192 Å². The average Bonchev–Trinajstić information content (AvgIpc) is 3.03. The predicted molar refractivity (Wildman–Crippen MR) is 113 cm³/mol. The number of urea groups is 1. The second-order valence-corrected chi connectivity index (χ2v) is 7.70. The van der Waals surface area contributed by atoms with Gasteiger partial charge < -0.3 is 10.2 Å². The number of imide groups is 1. The summed E-state index contributed by atoms with van der Waals surface area (Å²) in [6.45, 7) is -1.73. The molecule has 0 aromatic heterocycles. The van der Waals surface area contributed by atoms with Gasteiger partial charge in [-0.25, -0.2) is 4.79 Å². The smallest absolute Gasteiger partial charge is 0.327 e. The third-order valence-corrected chi connectivity index (χ3v) is 5.54. The third kappa shape index (κ3) is 5.00. The molecular formula is C22H21F3N4O5. The molecule has 0 radical (unpaired) electrons. The number of hydrogen-bond acceptors (Lipinski definition) is 5. The van der Waals surface area contributed by atoms with E-state index in [0.717, 1.165) is 6.07 Å². The maximum absolute atomic E-state index is 13.2. The quantitative estimate of drug-likeness (QED) is 0.355. The molecule has 0 saturated carbocycles. The van der Waals surface area contributed by atoms with Crippen LogP contribution < -0.4 is 5.32 Å². The number of carbonyl (C=O) groups excluding carboxylic acids is 3. The Kier molecular flexibility index (Phi) is 6.89. The van der Waals surface area contributed by atoms with Gasteiger partial charge in [0.15, 0.2) is 0 Å². The van der Waals surface area contributed by atoms with E-state index in [1.807, 2.05) is 0 Å². The third-order valence-electron chi connectivity index (χ3n) is 5.54. The maximum atomic E-state index is 13.2. The monoisotopic (exact) mass is 478 g/mol. The largest absolute Gasteiger partial charge is 0.406 e. The fourth-order valence-corrected chi connectivity index (χ4v) is 3.84. The van der Waals surface area contributed by atoms with Crippen LogP contribution in [0.1, 0.15) is 24.5 Å². The summed E-state index contributed by atoms with van der Waals surface area (Å²) in [6, 6.07) is 12.5. The van der Waals surface area contributed by atoms with Gasteiger partial charge in [-0.3, -0.25) is 24.6 Å². The zero-order chi connectivity index (χ0) is 25.1. The Hall–Kier alpha value is -3.96. The van der Waals surface area contributed by atoms with E-state index < -0.39 is 59.8 Å². The number of nitrogens with zero attached hydrogens (tertiary/aromatic N) is 3. The molecule has 1 N–H and O–H groups in total. The predicted octanol–water partition coefficient (Wildman–Crippen LogP) is 3.34. The molecule has 34 heavy (non-hydrogen) atoms. The van der Waals surface area contributed by atoms with Crippen LogP contribution in [0.5, 0.6) is 0 Å². The number of amides is 4. The van der Waals surface area contributed by atoms with Crippen LogP contribution in [0.2, 0.25) is 0 Å². The number of para-hydroxylation sites is 1. The van der Waals surface area contributed by atoms with E-state index in [9.17, 15) is 37.7 Å². The molecule has 1 heterocycles. The fraction of sp³-hybridized carbons (Fsp3) is 0.318. The Bertz CT molecular complexity index is 1110. The van der Waals surface area contributed by atoms with Crippen LogP contribution >= 0.6 is 0 Å². The molecule has 1 atom stereocenters. The normalized spacial score (nSPS) is 18.1. The summed E-state index contributed by atoms with van der Waals surface area (Å²) in [7, 11) is 0. The van der Waals surface area contributed by atoms with E-state index in [0.29, 0.717) is 15.4 Å². The molecule has 2 aromatic carbocycles. The molecule has 1 aliphatic heterocycles. The van der Waals surface area contributed by atoms with Gasteiger partial charge in [0.25, 0.3) is 11.6 Å². The van der Waals surface area contributed by atoms with Gasteiger partial charge in [-0.15, -0.1) is 0 Å². The Balaban J connectivity index is 1.87. The number of hydrogen-bond donors (Lipinski definition) is 1. The van der Waals surface area contributed by atoms with Crippen molar-refractivity contribution in [2.75, 3.05) is 13.1 Å². The van der Waals surface area contributed by atoms with E-state index in [-0.39, 0.29) is 12.0 Å². The van der Waals surface area contributed by atoms with Gasteiger partial charge in [0.1, 0.15) is 18.6 Å². The van der Waals surface area contributed by atoms with E-state index >= 15 is 0 Å². The van der Waals surface area contributed by atoms with Crippen LogP contribution in [0.3, 0.4) is 0 Å². The van der Waals surface area contributed by atoms with Crippen molar-refractivity contribution in [1.82, 2.24) is 15.1 Å². The minimum Gasteiger partial charge on any atom is -0.327 e. The number of nitro benzene ring substituents is 1. The summed E-state index contributed by atoms with van der Waals surface area (Å²) in [5, 5.41) is 13.8. The summed E-state index contributed by atoms with van der Waals surface area (Å²) in [6.07, 6.45) is -4.66. The van der Waals surface area contributed by atoms with E-state index in [1.165, 1.54) is 18.2 Å². The van der Waals surface area contributed by atoms with E-state index in [4.69, 9.17) is 0 Å². The molecule has 1 fully saturated rings. The van der Waals surface area contributed by atoms with Crippen LogP contribution in [0.15, 0.2) is 54.6 Å². The van der Waals surface area contributed by atoms with Gasteiger partial charge in [0, 0.05) is 11.6 Å². The molecule has 2 aromatic rings. The highest BCUT2D eigenvalue weighted by atomic mass is 19.4. The second kappa shape index (κ2) is 9.49. The zero-order valence-electron chi connectivity index (χ0n) is 18.0.